The lowest BCUT2D eigenvalue weighted by Gasteiger charge is -2.30. The van der Waals surface area contributed by atoms with Crippen molar-refractivity contribution < 1.29 is 9.59 Å². The summed E-state index contributed by atoms with van der Waals surface area (Å²) in [4.78, 5) is 26.2. The van der Waals surface area contributed by atoms with Gasteiger partial charge in [0.25, 0.3) is 0 Å². The van der Waals surface area contributed by atoms with Gasteiger partial charge in [0.05, 0.1) is 17.8 Å². The largest absolute Gasteiger partial charge is 0.370 e. The van der Waals surface area contributed by atoms with Gasteiger partial charge in [-0.25, -0.2) is 0 Å². The molecule has 0 atom stereocenters. The number of carbonyl (C=O) groups is 2. The van der Waals surface area contributed by atoms with E-state index < -0.39 is 5.91 Å². The molecular weight excluding hydrogens is 314 g/mol. The summed E-state index contributed by atoms with van der Waals surface area (Å²) in [5.41, 5.74) is 8.35. The van der Waals surface area contributed by atoms with E-state index in [2.05, 4.69) is 10.2 Å². The minimum absolute atomic E-state index is 0.105. The van der Waals surface area contributed by atoms with Gasteiger partial charge in [-0.15, -0.1) is 0 Å². The van der Waals surface area contributed by atoms with Crippen LogP contribution in [0.5, 0.6) is 0 Å². The maximum atomic E-state index is 12.5. The summed E-state index contributed by atoms with van der Waals surface area (Å²) >= 11 is 0. The Morgan fingerprint density at radius 2 is 1.72 bits per heavy atom. The van der Waals surface area contributed by atoms with E-state index in [1.807, 2.05) is 36.4 Å². The molecule has 1 saturated heterocycles. The van der Waals surface area contributed by atoms with Gasteiger partial charge < -0.3 is 16.0 Å². The Kier molecular flexibility index (Phi) is 5.33. The van der Waals surface area contributed by atoms with Gasteiger partial charge in [-0.05, 0) is 43.0 Å². The lowest BCUT2D eigenvalue weighted by atomic mass is 10.1. The molecule has 0 saturated carbocycles. The summed E-state index contributed by atoms with van der Waals surface area (Å²) in [6.07, 6.45) is 3.79. The number of primary amides is 1. The number of nitrogens with zero attached hydrogens (tertiary/aromatic N) is 1. The predicted octanol–water partition coefficient (Wildman–Crippen LogP) is 2.96. The summed E-state index contributed by atoms with van der Waals surface area (Å²) in [6.45, 7) is 1.91. The molecule has 2 aromatic carbocycles. The summed E-state index contributed by atoms with van der Waals surface area (Å²) < 4.78 is 0. The second kappa shape index (κ2) is 7.83. The number of nitrogens with two attached hydrogens (primary N) is 1. The maximum Gasteiger partial charge on any atom is 0.248 e. The first-order valence-electron chi connectivity index (χ1n) is 8.66. The molecule has 0 radical (unpaired) electrons. The van der Waals surface area contributed by atoms with Gasteiger partial charge in [0, 0.05) is 18.7 Å². The fraction of sp³-hybridized carbons (Fsp3) is 0.300. The van der Waals surface area contributed by atoms with Crippen molar-refractivity contribution in [1.82, 2.24) is 0 Å². The fourth-order valence-electron chi connectivity index (χ4n) is 3.18. The van der Waals surface area contributed by atoms with Gasteiger partial charge in [0.2, 0.25) is 11.8 Å². The van der Waals surface area contributed by atoms with Crippen molar-refractivity contribution >= 4 is 23.2 Å². The number of hydrogen-bond acceptors (Lipinski definition) is 3. The molecule has 1 heterocycles. The van der Waals surface area contributed by atoms with Gasteiger partial charge in [0.15, 0.2) is 0 Å². The zero-order valence-electron chi connectivity index (χ0n) is 14.2. The van der Waals surface area contributed by atoms with E-state index >= 15 is 0 Å². The SMILES string of the molecule is NC(=O)c1ccc(N2CCCCC2)c(NC(=O)Cc2ccccc2)c1. The lowest BCUT2D eigenvalue weighted by Crippen LogP contribution is -2.30. The normalized spacial score (nSPS) is 14.2. The van der Waals surface area contributed by atoms with Crippen LogP contribution in [0.4, 0.5) is 11.4 Å². The van der Waals surface area contributed by atoms with Crippen molar-refractivity contribution in [2.24, 2.45) is 5.73 Å². The van der Waals surface area contributed by atoms with Gasteiger partial charge in [0.1, 0.15) is 0 Å². The molecule has 0 aromatic heterocycles. The topological polar surface area (TPSA) is 75.4 Å². The van der Waals surface area contributed by atoms with E-state index in [-0.39, 0.29) is 5.91 Å². The molecule has 0 unspecified atom stereocenters. The van der Waals surface area contributed by atoms with Gasteiger partial charge in [-0.2, -0.15) is 0 Å². The summed E-state index contributed by atoms with van der Waals surface area (Å²) in [5.74, 6) is -0.602. The molecule has 0 aliphatic carbocycles. The van der Waals surface area contributed by atoms with Crippen molar-refractivity contribution in [3.05, 3.63) is 59.7 Å². The van der Waals surface area contributed by atoms with E-state index in [1.54, 1.807) is 12.1 Å². The Morgan fingerprint density at radius 1 is 1.00 bits per heavy atom. The zero-order chi connectivity index (χ0) is 17.6. The van der Waals surface area contributed by atoms with Crippen LogP contribution >= 0.6 is 0 Å². The average Bonchev–Trinajstić information content (AvgIpc) is 2.63. The molecule has 0 bridgehead atoms. The van der Waals surface area contributed by atoms with E-state index in [4.69, 9.17) is 5.73 Å². The van der Waals surface area contributed by atoms with E-state index in [0.29, 0.717) is 17.7 Å². The third-order valence-corrected chi connectivity index (χ3v) is 4.46. The highest BCUT2D eigenvalue weighted by atomic mass is 16.2. The van der Waals surface area contributed by atoms with Gasteiger partial charge >= 0.3 is 0 Å². The number of nitrogens with one attached hydrogen (secondary N) is 1. The van der Waals surface area contributed by atoms with Crippen LogP contribution in [0, 0.1) is 0 Å². The Hall–Kier alpha value is -2.82. The van der Waals surface area contributed by atoms with E-state index in [0.717, 1.165) is 37.2 Å². The van der Waals surface area contributed by atoms with Crippen molar-refractivity contribution in [3.63, 3.8) is 0 Å². The highest BCUT2D eigenvalue weighted by molar-refractivity contribution is 5.99. The molecule has 1 aliphatic heterocycles. The Labute approximate surface area is 147 Å². The standard InChI is InChI=1S/C20H23N3O2/c21-20(25)16-9-10-18(23-11-5-2-6-12-23)17(14-16)22-19(24)13-15-7-3-1-4-8-15/h1,3-4,7-10,14H,2,5-6,11-13H2,(H2,21,25)(H,22,24). The fourth-order valence-corrected chi connectivity index (χ4v) is 3.18. The number of piperidine rings is 1. The van der Waals surface area contributed by atoms with E-state index in [1.165, 1.54) is 6.42 Å². The molecule has 130 valence electrons. The molecule has 3 rings (SSSR count). The molecule has 2 amide bonds. The van der Waals surface area contributed by atoms with Gasteiger partial charge in [-0.3, -0.25) is 9.59 Å². The first-order chi connectivity index (χ1) is 12.1. The molecule has 1 aliphatic rings. The molecule has 0 spiro atoms. The Morgan fingerprint density at radius 3 is 2.40 bits per heavy atom. The average molecular weight is 337 g/mol. The van der Waals surface area contributed by atoms with Crippen molar-refractivity contribution in [2.75, 3.05) is 23.3 Å². The number of hydrogen-bond donors (Lipinski definition) is 2. The van der Waals surface area contributed by atoms with Crippen LogP contribution in [0.25, 0.3) is 0 Å². The maximum absolute atomic E-state index is 12.5. The second-order valence-corrected chi connectivity index (χ2v) is 6.35. The molecule has 2 aromatic rings. The molecule has 5 nitrogen and oxygen atoms in total. The zero-order valence-corrected chi connectivity index (χ0v) is 14.2. The molecule has 25 heavy (non-hydrogen) atoms. The lowest BCUT2D eigenvalue weighted by molar-refractivity contribution is -0.115. The first kappa shape index (κ1) is 17.0. The molecule has 1 fully saturated rings. The number of amides is 2. The van der Waals surface area contributed by atoms with Crippen LogP contribution in [0.15, 0.2) is 48.5 Å². The summed E-state index contributed by atoms with van der Waals surface area (Å²) in [7, 11) is 0. The summed E-state index contributed by atoms with van der Waals surface area (Å²) in [6, 6.07) is 14.9. The highest BCUT2D eigenvalue weighted by Gasteiger charge is 2.17. The number of rotatable bonds is 5. The Balaban J connectivity index is 1.82. The van der Waals surface area contributed by atoms with Crippen molar-refractivity contribution in [1.29, 1.82) is 0 Å². The van der Waals surface area contributed by atoms with Crippen LogP contribution in [-0.2, 0) is 11.2 Å². The third kappa shape index (κ3) is 4.38. The summed E-state index contributed by atoms with van der Waals surface area (Å²) in [5, 5.41) is 2.96. The molecule has 3 N–H and O–H groups in total. The van der Waals surface area contributed by atoms with E-state index in [9.17, 15) is 9.59 Å². The first-order valence-corrected chi connectivity index (χ1v) is 8.66. The highest BCUT2D eigenvalue weighted by Crippen LogP contribution is 2.29. The minimum Gasteiger partial charge on any atom is -0.370 e. The predicted molar refractivity (Wildman–Crippen MR) is 99.8 cm³/mol. The number of anilines is 2. The Bertz CT molecular complexity index is 753. The number of benzene rings is 2. The third-order valence-electron chi connectivity index (χ3n) is 4.46. The van der Waals surface area contributed by atoms with Crippen LogP contribution in [0.3, 0.4) is 0 Å². The van der Waals surface area contributed by atoms with Crippen LogP contribution in [0.2, 0.25) is 0 Å². The van der Waals surface area contributed by atoms with Gasteiger partial charge in [-0.1, -0.05) is 30.3 Å². The van der Waals surface area contributed by atoms with Crippen LogP contribution in [-0.4, -0.2) is 24.9 Å². The molecular formula is C20H23N3O2. The number of carbonyl (C=O) groups excluding carboxylic acids is 2. The minimum atomic E-state index is -0.497. The smallest absolute Gasteiger partial charge is 0.248 e. The van der Waals surface area contributed by atoms with Crippen LogP contribution in [0.1, 0.15) is 35.2 Å². The second-order valence-electron chi connectivity index (χ2n) is 6.35. The van der Waals surface area contributed by atoms with Crippen LogP contribution < -0.4 is 16.0 Å². The molecule has 5 heteroatoms. The van der Waals surface area contributed by atoms with Crippen molar-refractivity contribution in [3.8, 4) is 0 Å². The quantitative estimate of drug-likeness (QED) is 0.881. The monoisotopic (exact) mass is 337 g/mol. The van der Waals surface area contributed by atoms with Crippen molar-refractivity contribution in [2.45, 2.75) is 25.7 Å².